The first-order valence-corrected chi connectivity index (χ1v) is 8.34. The summed E-state index contributed by atoms with van der Waals surface area (Å²) in [7, 11) is 0. The molecule has 1 unspecified atom stereocenters. The van der Waals surface area contributed by atoms with Gasteiger partial charge in [0.05, 0.1) is 5.92 Å². The van der Waals surface area contributed by atoms with Crippen LogP contribution >= 0.6 is 0 Å². The van der Waals surface area contributed by atoms with E-state index in [1.807, 2.05) is 12.1 Å². The first kappa shape index (κ1) is 16.4. The molecule has 2 heterocycles. The van der Waals surface area contributed by atoms with Crippen LogP contribution in [0.15, 0.2) is 41.5 Å². The van der Waals surface area contributed by atoms with Crippen molar-refractivity contribution in [2.75, 3.05) is 11.1 Å². The average Bonchev–Trinajstić information content (AvgIpc) is 3.31. The van der Waals surface area contributed by atoms with E-state index in [0.29, 0.717) is 17.2 Å². The number of hydrogen-bond acceptors (Lipinski definition) is 4. The molecule has 1 aromatic heterocycles. The van der Waals surface area contributed by atoms with E-state index < -0.39 is 12.1 Å². The van der Waals surface area contributed by atoms with Gasteiger partial charge in [0.15, 0.2) is 0 Å². The highest BCUT2D eigenvalue weighted by molar-refractivity contribution is 6.07. The Morgan fingerprint density at radius 3 is 2.81 bits per heavy atom. The number of halogens is 1. The molecule has 0 spiro atoms. The van der Waals surface area contributed by atoms with Crippen molar-refractivity contribution in [3.05, 3.63) is 42.1 Å². The van der Waals surface area contributed by atoms with Gasteiger partial charge >= 0.3 is 0 Å². The van der Waals surface area contributed by atoms with E-state index >= 15 is 0 Å². The Kier molecular flexibility index (Phi) is 3.79. The van der Waals surface area contributed by atoms with Crippen molar-refractivity contribution >= 4 is 39.8 Å². The highest BCUT2D eigenvalue weighted by atomic mass is 19.1. The van der Waals surface area contributed by atoms with Crippen LogP contribution < -0.4 is 11.1 Å². The lowest BCUT2D eigenvalue weighted by molar-refractivity contribution is -0.117. The minimum absolute atomic E-state index is 0.135. The highest BCUT2D eigenvalue weighted by Gasteiger charge is 2.43. The number of amides is 2. The van der Waals surface area contributed by atoms with Gasteiger partial charge in [-0.25, -0.2) is 14.4 Å². The molecule has 1 aliphatic heterocycles. The number of allylic oxidation sites excluding steroid dienone is 1. The Hall–Kier alpha value is -3.09. The van der Waals surface area contributed by atoms with Crippen molar-refractivity contribution in [3.63, 3.8) is 0 Å². The number of hydrogen-bond donors (Lipinski definition) is 2. The minimum Gasteiger partial charge on any atom is -0.398 e. The van der Waals surface area contributed by atoms with Crippen LogP contribution in [0.1, 0.15) is 24.8 Å². The van der Waals surface area contributed by atoms with Gasteiger partial charge in [-0.2, -0.15) is 0 Å². The zero-order valence-electron chi connectivity index (χ0n) is 14.1. The molecule has 2 aliphatic rings. The van der Waals surface area contributed by atoms with Crippen molar-refractivity contribution in [1.82, 2.24) is 4.98 Å². The number of aromatic nitrogens is 1. The number of nitrogens with zero attached hydrogens (tertiary/aromatic N) is 2. The van der Waals surface area contributed by atoms with E-state index in [2.05, 4.69) is 15.3 Å². The van der Waals surface area contributed by atoms with Crippen molar-refractivity contribution < 1.29 is 14.0 Å². The molecule has 3 atom stereocenters. The van der Waals surface area contributed by atoms with Crippen LogP contribution in [-0.4, -0.2) is 28.7 Å². The molecule has 1 aliphatic carbocycles. The fourth-order valence-corrected chi connectivity index (χ4v) is 3.16. The van der Waals surface area contributed by atoms with Crippen molar-refractivity contribution in [2.24, 2.45) is 10.9 Å². The van der Waals surface area contributed by atoms with Crippen LogP contribution in [-0.2, 0) is 9.59 Å². The number of nitrogen functional groups attached to an aromatic ring is 1. The summed E-state index contributed by atoms with van der Waals surface area (Å²) in [4.78, 5) is 31.5. The average molecular weight is 352 g/mol. The van der Waals surface area contributed by atoms with Gasteiger partial charge in [0.2, 0.25) is 5.91 Å². The van der Waals surface area contributed by atoms with Crippen LogP contribution in [0.2, 0.25) is 0 Å². The summed E-state index contributed by atoms with van der Waals surface area (Å²) in [6.45, 7) is 1.80. The number of dihydropyridines is 1. The number of alkyl halides is 1. The molecule has 26 heavy (non-hydrogen) atoms. The zero-order chi connectivity index (χ0) is 18.4. The lowest BCUT2D eigenvalue weighted by Gasteiger charge is -2.17. The van der Waals surface area contributed by atoms with Crippen LogP contribution in [0.3, 0.4) is 0 Å². The van der Waals surface area contributed by atoms with Crippen molar-refractivity contribution in [3.8, 4) is 0 Å². The third-order valence-corrected chi connectivity index (χ3v) is 4.72. The number of nitrogens with one attached hydrogen (secondary N) is 1. The maximum atomic E-state index is 13.0. The normalized spacial score (nSPS) is 24.5. The number of carbonyl (C=O) groups is 2. The van der Waals surface area contributed by atoms with Gasteiger partial charge in [-0.3, -0.25) is 9.59 Å². The first-order valence-electron chi connectivity index (χ1n) is 8.34. The van der Waals surface area contributed by atoms with E-state index in [-0.39, 0.29) is 24.2 Å². The lowest BCUT2D eigenvalue weighted by Crippen LogP contribution is -2.16. The number of fused-ring (bicyclic) bond motifs is 1. The van der Waals surface area contributed by atoms with E-state index in [0.717, 1.165) is 16.3 Å². The number of aliphatic imine (C=N–C) groups is 1. The fraction of sp³-hybridized carbons (Fsp3) is 0.263. The maximum absolute atomic E-state index is 13.0. The van der Waals surface area contributed by atoms with Gasteiger partial charge < -0.3 is 11.1 Å². The predicted molar refractivity (Wildman–Crippen MR) is 97.8 cm³/mol. The van der Waals surface area contributed by atoms with E-state index in [1.54, 1.807) is 25.3 Å². The molecule has 3 N–H and O–H groups in total. The second-order valence-electron chi connectivity index (χ2n) is 6.68. The molecule has 1 saturated carbocycles. The fourth-order valence-electron chi connectivity index (χ4n) is 3.16. The summed E-state index contributed by atoms with van der Waals surface area (Å²) in [5, 5.41) is 4.20. The molecule has 2 aromatic rings. The molecule has 6 nitrogen and oxygen atoms in total. The van der Waals surface area contributed by atoms with Gasteiger partial charge in [-0.1, -0.05) is 6.08 Å². The Labute approximate surface area is 149 Å². The topological polar surface area (TPSA) is 97.4 Å². The second kappa shape index (κ2) is 6.01. The summed E-state index contributed by atoms with van der Waals surface area (Å²) < 4.78 is 13.0. The van der Waals surface area contributed by atoms with Gasteiger partial charge in [-0.05, 0) is 42.5 Å². The van der Waals surface area contributed by atoms with Crippen molar-refractivity contribution in [1.29, 1.82) is 0 Å². The molecule has 7 heteroatoms. The summed E-state index contributed by atoms with van der Waals surface area (Å²) in [6, 6.07) is 5.48. The lowest BCUT2D eigenvalue weighted by atomic mass is 9.90. The smallest absolute Gasteiger partial charge is 0.269 e. The quantitative estimate of drug-likeness (QED) is 0.830. The molecular formula is C19H17FN4O2. The Morgan fingerprint density at radius 2 is 2.12 bits per heavy atom. The Bertz CT molecular complexity index is 998. The summed E-state index contributed by atoms with van der Waals surface area (Å²) >= 11 is 0. The molecule has 132 valence electrons. The van der Waals surface area contributed by atoms with Crippen LogP contribution in [0.5, 0.6) is 0 Å². The maximum Gasteiger partial charge on any atom is 0.269 e. The minimum atomic E-state index is -1.05. The Balaban J connectivity index is 1.68. The van der Waals surface area contributed by atoms with Crippen LogP contribution in [0.25, 0.3) is 10.8 Å². The number of pyridine rings is 1. The van der Waals surface area contributed by atoms with E-state index in [1.165, 1.54) is 6.08 Å². The highest BCUT2D eigenvalue weighted by Crippen LogP contribution is 2.35. The second-order valence-corrected chi connectivity index (χ2v) is 6.68. The van der Waals surface area contributed by atoms with Gasteiger partial charge in [0.1, 0.15) is 12.0 Å². The van der Waals surface area contributed by atoms with E-state index in [9.17, 15) is 14.0 Å². The molecule has 0 saturated heterocycles. The largest absolute Gasteiger partial charge is 0.398 e. The Morgan fingerprint density at radius 1 is 1.35 bits per heavy atom. The summed E-state index contributed by atoms with van der Waals surface area (Å²) in [5.41, 5.74) is 8.30. The molecule has 0 bridgehead atoms. The predicted octanol–water partition coefficient (Wildman–Crippen LogP) is 2.75. The summed E-state index contributed by atoms with van der Waals surface area (Å²) in [6.07, 6.45) is 4.04. The number of anilines is 2. The molecular weight excluding hydrogens is 335 g/mol. The molecule has 2 amide bonds. The van der Waals surface area contributed by atoms with Gasteiger partial charge in [-0.15, -0.1) is 0 Å². The SMILES string of the molecule is CC1=NC(=O)C=CC1c1cc(N)c2cnc(NC(=O)[C@@H]3C[C@@H]3F)cc2c1. The number of nitrogens with two attached hydrogens (primary N) is 1. The summed E-state index contributed by atoms with van der Waals surface area (Å²) in [5.74, 6) is -0.979. The number of carbonyl (C=O) groups excluding carboxylic acids is 2. The van der Waals surface area contributed by atoms with Crippen LogP contribution in [0.4, 0.5) is 15.9 Å². The zero-order valence-corrected chi connectivity index (χ0v) is 14.1. The van der Waals surface area contributed by atoms with E-state index in [4.69, 9.17) is 5.73 Å². The first-order chi connectivity index (χ1) is 12.4. The van der Waals surface area contributed by atoms with Gasteiger partial charge in [0, 0.05) is 35.0 Å². The third kappa shape index (κ3) is 2.96. The van der Waals surface area contributed by atoms with Gasteiger partial charge in [0.25, 0.3) is 5.91 Å². The number of benzene rings is 1. The molecule has 0 radical (unpaired) electrons. The molecule has 1 aromatic carbocycles. The van der Waals surface area contributed by atoms with Crippen LogP contribution in [0, 0.1) is 5.92 Å². The number of rotatable bonds is 3. The van der Waals surface area contributed by atoms with Crippen molar-refractivity contribution in [2.45, 2.75) is 25.4 Å². The molecule has 1 fully saturated rings. The third-order valence-electron chi connectivity index (χ3n) is 4.72. The molecule has 4 rings (SSSR count). The standard InChI is InChI=1S/C19H17FN4O2/c1-9-12(2-3-18(25)23-9)10-4-11-6-17(22-8-14(11)16(21)5-10)24-19(26)13-7-15(13)20/h2-6,8,12-13,15H,7,21H2,1H3,(H,22,24,26)/t12?,13-,15+/m1/s1. The monoisotopic (exact) mass is 352 g/mol.